The molecule has 5 heteroatoms. The van der Waals surface area contributed by atoms with E-state index in [1.54, 1.807) is 14.2 Å². The van der Waals surface area contributed by atoms with Crippen LogP contribution in [-0.4, -0.2) is 19.2 Å². The minimum atomic E-state index is 0.657. The highest BCUT2D eigenvalue weighted by molar-refractivity contribution is 7.07. The lowest BCUT2D eigenvalue weighted by molar-refractivity contribution is 0.391. The second-order valence-corrected chi connectivity index (χ2v) is 4.01. The summed E-state index contributed by atoms with van der Waals surface area (Å²) in [4.78, 5) is 4.04. The van der Waals surface area contributed by atoms with Gasteiger partial charge >= 0.3 is 0 Å². The molecule has 0 atom stereocenters. The quantitative estimate of drug-likeness (QED) is 0.884. The van der Waals surface area contributed by atoms with E-state index in [0.717, 1.165) is 22.9 Å². The molecule has 89 valence electrons. The van der Waals surface area contributed by atoms with E-state index in [0.29, 0.717) is 6.54 Å². The van der Waals surface area contributed by atoms with Crippen LogP contribution in [0, 0.1) is 5.51 Å². The number of thiazole rings is 1. The fourth-order valence-corrected chi connectivity index (χ4v) is 1.90. The molecule has 0 fully saturated rings. The van der Waals surface area contributed by atoms with Crippen LogP contribution in [0.2, 0.25) is 0 Å². The first-order chi connectivity index (χ1) is 8.33. The highest BCUT2D eigenvalue weighted by Crippen LogP contribution is 2.25. The Labute approximate surface area is 104 Å². The number of hydrogen-bond acceptors (Lipinski definition) is 5. The van der Waals surface area contributed by atoms with Gasteiger partial charge < -0.3 is 14.8 Å². The van der Waals surface area contributed by atoms with Crippen LogP contribution in [0.3, 0.4) is 0 Å². The Kier molecular flexibility index (Phi) is 3.82. The van der Waals surface area contributed by atoms with Gasteiger partial charge in [0, 0.05) is 23.6 Å². The highest BCUT2D eigenvalue weighted by Gasteiger charge is 2.05. The molecule has 0 aliphatic carbocycles. The third kappa shape index (κ3) is 2.88. The van der Waals surface area contributed by atoms with E-state index < -0.39 is 0 Å². The summed E-state index contributed by atoms with van der Waals surface area (Å²) in [5.41, 5.74) is 3.85. The maximum absolute atomic E-state index is 5.31. The van der Waals surface area contributed by atoms with Gasteiger partial charge in [0.05, 0.1) is 14.2 Å². The van der Waals surface area contributed by atoms with Crippen molar-refractivity contribution in [1.29, 1.82) is 0 Å². The fraction of sp³-hybridized carbons (Fsp3) is 0.250. The zero-order valence-electron chi connectivity index (χ0n) is 9.69. The van der Waals surface area contributed by atoms with Gasteiger partial charge in [-0.2, -0.15) is 0 Å². The first-order valence-electron chi connectivity index (χ1n) is 5.10. The number of ether oxygens (including phenoxy) is 2. The molecule has 2 aromatic rings. The number of rotatable bonds is 5. The lowest BCUT2D eigenvalue weighted by Gasteiger charge is -2.10. The first kappa shape index (κ1) is 11.7. The SMILES string of the molecule is COc1ccc(CNc2cs[c]n2)c(OC)c1. The summed E-state index contributed by atoms with van der Waals surface area (Å²) in [6, 6.07) is 5.75. The number of aromatic nitrogens is 1. The predicted molar refractivity (Wildman–Crippen MR) is 67.8 cm³/mol. The Hall–Kier alpha value is -1.75. The van der Waals surface area contributed by atoms with E-state index in [1.165, 1.54) is 11.3 Å². The Bertz CT molecular complexity index is 471. The van der Waals surface area contributed by atoms with Crippen molar-refractivity contribution in [2.45, 2.75) is 6.54 Å². The van der Waals surface area contributed by atoms with Crippen LogP contribution in [0.5, 0.6) is 11.5 Å². The van der Waals surface area contributed by atoms with E-state index in [1.807, 2.05) is 23.6 Å². The average molecular weight is 249 g/mol. The number of hydrogen-bond donors (Lipinski definition) is 1. The van der Waals surface area contributed by atoms with Gasteiger partial charge in [-0.3, -0.25) is 0 Å². The minimum Gasteiger partial charge on any atom is -0.497 e. The van der Waals surface area contributed by atoms with Gasteiger partial charge in [-0.1, -0.05) is 0 Å². The lowest BCUT2D eigenvalue weighted by atomic mass is 10.2. The predicted octanol–water partition coefficient (Wildman–Crippen LogP) is 2.57. The summed E-state index contributed by atoms with van der Waals surface area (Å²) < 4.78 is 10.5. The Balaban J connectivity index is 2.09. The summed E-state index contributed by atoms with van der Waals surface area (Å²) >= 11 is 1.44. The average Bonchev–Trinajstić information content (AvgIpc) is 2.89. The van der Waals surface area contributed by atoms with Crippen molar-refractivity contribution in [1.82, 2.24) is 4.98 Å². The lowest BCUT2D eigenvalue weighted by Crippen LogP contribution is -2.02. The summed E-state index contributed by atoms with van der Waals surface area (Å²) in [5.74, 6) is 2.41. The van der Waals surface area contributed by atoms with Gasteiger partial charge in [0.1, 0.15) is 17.3 Å². The molecule has 0 unspecified atom stereocenters. The molecule has 0 aliphatic heterocycles. The van der Waals surface area contributed by atoms with Crippen LogP contribution >= 0.6 is 11.3 Å². The molecular weight excluding hydrogens is 236 g/mol. The minimum absolute atomic E-state index is 0.657. The van der Waals surface area contributed by atoms with Gasteiger partial charge in [0.2, 0.25) is 0 Å². The van der Waals surface area contributed by atoms with E-state index >= 15 is 0 Å². The molecule has 0 saturated carbocycles. The molecule has 0 amide bonds. The maximum atomic E-state index is 5.31. The molecule has 1 aromatic heterocycles. The third-order valence-electron chi connectivity index (χ3n) is 2.34. The highest BCUT2D eigenvalue weighted by atomic mass is 32.1. The molecule has 1 heterocycles. The number of anilines is 1. The second-order valence-electron chi connectivity index (χ2n) is 3.36. The molecule has 0 aliphatic rings. The van der Waals surface area contributed by atoms with Gasteiger partial charge in [0.15, 0.2) is 5.51 Å². The molecule has 1 aromatic carbocycles. The van der Waals surface area contributed by atoms with Crippen molar-refractivity contribution >= 4 is 17.2 Å². The molecule has 17 heavy (non-hydrogen) atoms. The summed E-state index contributed by atoms with van der Waals surface area (Å²) in [7, 11) is 3.28. The van der Waals surface area contributed by atoms with Crippen LogP contribution in [0.1, 0.15) is 5.56 Å². The molecule has 2 rings (SSSR count). The van der Waals surface area contributed by atoms with Crippen molar-refractivity contribution in [3.8, 4) is 11.5 Å². The van der Waals surface area contributed by atoms with Crippen molar-refractivity contribution in [2.75, 3.05) is 19.5 Å². The molecule has 0 spiro atoms. The van der Waals surface area contributed by atoms with Gasteiger partial charge in [-0.05, 0) is 12.1 Å². The molecule has 0 saturated heterocycles. The van der Waals surface area contributed by atoms with Crippen LogP contribution < -0.4 is 14.8 Å². The monoisotopic (exact) mass is 249 g/mol. The Morgan fingerprint density at radius 2 is 2.24 bits per heavy atom. The smallest absolute Gasteiger partial charge is 0.154 e. The van der Waals surface area contributed by atoms with Gasteiger partial charge in [-0.25, -0.2) is 4.98 Å². The van der Waals surface area contributed by atoms with Crippen LogP contribution in [0.25, 0.3) is 0 Å². The topological polar surface area (TPSA) is 43.4 Å². The molecular formula is C12H13N2O2S. The Morgan fingerprint density at radius 3 is 2.88 bits per heavy atom. The van der Waals surface area contributed by atoms with E-state index in [2.05, 4.69) is 15.8 Å². The third-order valence-corrected chi connectivity index (χ3v) is 2.88. The number of nitrogens with one attached hydrogen (secondary N) is 1. The normalized spacial score (nSPS) is 10.0. The van der Waals surface area contributed by atoms with Crippen molar-refractivity contribution in [3.63, 3.8) is 0 Å². The van der Waals surface area contributed by atoms with Crippen LogP contribution in [0.15, 0.2) is 23.6 Å². The number of nitrogens with zero attached hydrogens (tertiary/aromatic N) is 1. The zero-order valence-corrected chi connectivity index (χ0v) is 10.5. The maximum Gasteiger partial charge on any atom is 0.154 e. The van der Waals surface area contributed by atoms with Gasteiger partial charge in [-0.15, -0.1) is 11.3 Å². The number of benzene rings is 1. The molecule has 0 bridgehead atoms. The summed E-state index contributed by atoms with van der Waals surface area (Å²) in [6.45, 7) is 0.657. The standard InChI is InChI=1S/C12H13N2O2S/c1-15-10-4-3-9(11(5-10)16-2)6-13-12-7-17-8-14-12/h3-5,7,13H,6H2,1-2H3. The summed E-state index contributed by atoms with van der Waals surface area (Å²) in [6.07, 6.45) is 0. The molecule has 1 N–H and O–H groups in total. The van der Waals surface area contributed by atoms with Crippen LogP contribution in [0.4, 0.5) is 5.82 Å². The van der Waals surface area contributed by atoms with Crippen molar-refractivity contribution in [2.24, 2.45) is 0 Å². The molecule has 1 radical (unpaired) electrons. The molecule has 4 nitrogen and oxygen atoms in total. The number of methoxy groups -OCH3 is 2. The van der Waals surface area contributed by atoms with Crippen molar-refractivity contribution < 1.29 is 9.47 Å². The van der Waals surface area contributed by atoms with Crippen LogP contribution in [-0.2, 0) is 6.54 Å². The first-order valence-corrected chi connectivity index (χ1v) is 5.98. The Morgan fingerprint density at radius 1 is 1.35 bits per heavy atom. The van der Waals surface area contributed by atoms with Crippen molar-refractivity contribution in [3.05, 3.63) is 34.7 Å². The fourth-order valence-electron chi connectivity index (χ4n) is 1.45. The van der Waals surface area contributed by atoms with Gasteiger partial charge in [0.25, 0.3) is 0 Å². The van der Waals surface area contributed by atoms with E-state index in [4.69, 9.17) is 9.47 Å². The largest absolute Gasteiger partial charge is 0.497 e. The second kappa shape index (κ2) is 5.54. The van der Waals surface area contributed by atoms with E-state index in [-0.39, 0.29) is 0 Å². The summed E-state index contributed by atoms with van der Waals surface area (Å²) in [5, 5.41) is 5.11. The zero-order chi connectivity index (χ0) is 12.1. The van der Waals surface area contributed by atoms with E-state index in [9.17, 15) is 0 Å².